The third-order valence-corrected chi connectivity index (χ3v) is 8.35. The fourth-order valence-electron chi connectivity index (χ4n) is 3.86. The number of carbonyl (C=O) groups is 1. The second kappa shape index (κ2) is 9.66. The third kappa shape index (κ3) is 5.29. The van der Waals surface area contributed by atoms with Gasteiger partial charge in [0.05, 0.1) is 10.9 Å². The van der Waals surface area contributed by atoms with Crippen molar-refractivity contribution in [3.05, 3.63) is 69.9 Å². The zero-order valence-electron chi connectivity index (χ0n) is 18.4. The van der Waals surface area contributed by atoms with Crippen molar-refractivity contribution in [1.29, 1.82) is 0 Å². The molecule has 0 saturated carbocycles. The molecule has 1 amide bonds. The Hall–Kier alpha value is -2.69. The number of carbonyl (C=O) groups excluding carboxylic acids is 1. The van der Waals surface area contributed by atoms with E-state index < -0.39 is 27.8 Å². The van der Waals surface area contributed by atoms with Gasteiger partial charge in [-0.25, -0.2) is 12.8 Å². The van der Waals surface area contributed by atoms with E-state index in [1.807, 2.05) is 12.1 Å². The summed E-state index contributed by atoms with van der Waals surface area (Å²) in [5.41, 5.74) is 1.53. The molecule has 7 nitrogen and oxygen atoms in total. The minimum atomic E-state index is -3.71. The highest BCUT2D eigenvalue weighted by Crippen LogP contribution is 2.37. The molecule has 10 heteroatoms. The van der Waals surface area contributed by atoms with Crippen LogP contribution in [-0.2, 0) is 16.4 Å². The molecule has 3 aromatic rings. The van der Waals surface area contributed by atoms with Crippen molar-refractivity contribution in [3.63, 3.8) is 0 Å². The van der Waals surface area contributed by atoms with Crippen LogP contribution in [0.25, 0.3) is 0 Å². The van der Waals surface area contributed by atoms with Gasteiger partial charge in [-0.05, 0) is 67.1 Å². The fraction of sp³-hybridized carbons (Fsp3) is 0.348. The van der Waals surface area contributed by atoms with E-state index in [1.165, 1.54) is 28.6 Å². The number of halogens is 1. The molecule has 1 fully saturated rings. The molecule has 1 aromatic heterocycles. The first kappa shape index (κ1) is 23.5. The standard InChI is InChI=1S/C23H25FN4O3S2/c1-15(2)14-16-5-11-19(12-6-16)33(30,31)28-13-3-4-20(28)22-26-27-23(32-22)21(29)25-18-9-7-17(24)8-10-18/h5-12,15,20H,3-4,13-14H2,1-2H3,(H,25,29)/t20-/m1/s1. The highest BCUT2D eigenvalue weighted by atomic mass is 32.2. The van der Waals surface area contributed by atoms with E-state index in [9.17, 15) is 17.6 Å². The number of anilines is 1. The van der Waals surface area contributed by atoms with Crippen molar-refractivity contribution in [2.24, 2.45) is 5.92 Å². The van der Waals surface area contributed by atoms with Gasteiger partial charge in [-0.3, -0.25) is 4.79 Å². The van der Waals surface area contributed by atoms with Crippen molar-refractivity contribution in [1.82, 2.24) is 14.5 Å². The molecule has 0 radical (unpaired) electrons. The number of nitrogens with zero attached hydrogens (tertiary/aromatic N) is 3. The summed E-state index contributed by atoms with van der Waals surface area (Å²) in [4.78, 5) is 12.8. The Labute approximate surface area is 196 Å². The molecule has 0 aliphatic carbocycles. The molecule has 0 spiro atoms. The van der Waals surface area contributed by atoms with Gasteiger partial charge in [0.1, 0.15) is 10.8 Å². The van der Waals surface area contributed by atoms with E-state index in [4.69, 9.17) is 0 Å². The molecular weight excluding hydrogens is 463 g/mol. The van der Waals surface area contributed by atoms with Crippen molar-refractivity contribution >= 4 is 33.0 Å². The SMILES string of the molecule is CC(C)Cc1ccc(S(=O)(=O)N2CCC[C@@H]2c2nnc(C(=O)Nc3ccc(F)cc3)s2)cc1. The largest absolute Gasteiger partial charge is 0.320 e. The molecule has 1 atom stereocenters. The van der Waals surface area contributed by atoms with Crippen LogP contribution in [0, 0.1) is 11.7 Å². The minimum Gasteiger partial charge on any atom is -0.320 e. The lowest BCUT2D eigenvalue weighted by Gasteiger charge is -2.22. The van der Waals surface area contributed by atoms with E-state index in [2.05, 4.69) is 29.4 Å². The second-order valence-electron chi connectivity index (χ2n) is 8.42. The maximum absolute atomic E-state index is 13.3. The molecule has 1 aliphatic rings. The lowest BCUT2D eigenvalue weighted by atomic mass is 10.0. The maximum atomic E-state index is 13.3. The molecule has 33 heavy (non-hydrogen) atoms. The van der Waals surface area contributed by atoms with Crippen LogP contribution in [-0.4, -0.2) is 35.4 Å². The predicted octanol–water partition coefficient (Wildman–Crippen LogP) is 4.65. The molecule has 1 N–H and O–H groups in total. The van der Waals surface area contributed by atoms with Crippen LogP contribution >= 0.6 is 11.3 Å². The Morgan fingerprint density at radius 1 is 1.15 bits per heavy atom. The number of hydrogen-bond acceptors (Lipinski definition) is 6. The van der Waals surface area contributed by atoms with Crippen LogP contribution < -0.4 is 5.32 Å². The number of amides is 1. The highest BCUT2D eigenvalue weighted by molar-refractivity contribution is 7.89. The number of sulfonamides is 1. The molecule has 4 rings (SSSR count). The van der Waals surface area contributed by atoms with Gasteiger partial charge in [0.25, 0.3) is 5.91 Å². The topological polar surface area (TPSA) is 92.3 Å². The fourth-order valence-corrected chi connectivity index (χ4v) is 6.47. The van der Waals surface area contributed by atoms with E-state index in [-0.39, 0.29) is 9.90 Å². The summed E-state index contributed by atoms with van der Waals surface area (Å²) in [6.45, 7) is 4.63. The number of aromatic nitrogens is 2. The van der Waals surface area contributed by atoms with Gasteiger partial charge in [-0.1, -0.05) is 37.3 Å². The second-order valence-corrected chi connectivity index (χ2v) is 11.3. The first-order chi connectivity index (χ1) is 15.7. The monoisotopic (exact) mass is 488 g/mol. The van der Waals surface area contributed by atoms with Crippen LogP contribution in [0.5, 0.6) is 0 Å². The van der Waals surface area contributed by atoms with Gasteiger partial charge < -0.3 is 5.32 Å². The number of benzene rings is 2. The Balaban J connectivity index is 1.50. The molecule has 1 saturated heterocycles. The predicted molar refractivity (Wildman–Crippen MR) is 125 cm³/mol. The Kier molecular flexibility index (Phi) is 6.87. The van der Waals surface area contributed by atoms with Crippen LogP contribution in [0.3, 0.4) is 0 Å². The van der Waals surface area contributed by atoms with E-state index in [0.29, 0.717) is 36.0 Å². The minimum absolute atomic E-state index is 0.122. The Morgan fingerprint density at radius 2 is 1.85 bits per heavy atom. The molecule has 1 aliphatic heterocycles. The van der Waals surface area contributed by atoms with Crippen LogP contribution in [0.4, 0.5) is 10.1 Å². The van der Waals surface area contributed by atoms with Crippen molar-refractivity contribution in [3.8, 4) is 0 Å². The summed E-state index contributed by atoms with van der Waals surface area (Å²) in [6, 6.07) is 12.0. The molecule has 0 unspecified atom stereocenters. The lowest BCUT2D eigenvalue weighted by Crippen LogP contribution is -2.30. The van der Waals surface area contributed by atoms with Gasteiger partial charge in [-0.2, -0.15) is 4.31 Å². The molecule has 2 aromatic carbocycles. The van der Waals surface area contributed by atoms with Crippen molar-refractivity contribution < 1.29 is 17.6 Å². The van der Waals surface area contributed by atoms with E-state index >= 15 is 0 Å². The van der Waals surface area contributed by atoms with E-state index in [1.54, 1.807) is 12.1 Å². The average Bonchev–Trinajstić information content (AvgIpc) is 3.45. The number of nitrogens with one attached hydrogen (secondary N) is 1. The zero-order valence-corrected chi connectivity index (χ0v) is 20.0. The molecular formula is C23H25FN4O3S2. The summed E-state index contributed by atoms with van der Waals surface area (Å²) in [7, 11) is -3.71. The zero-order chi connectivity index (χ0) is 23.6. The van der Waals surface area contributed by atoms with Crippen LogP contribution in [0.2, 0.25) is 0 Å². The quantitative estimate of drug-likeness (QED) is 0.522. The summed E-state index contributed by atoms with van der Waals surface area (Å²) < 4.78 is 41.2. The molecule has 0 bridgehead atoms. The van der Waals surface area contributed by atoms with Gasteiger partial charge >= 0.3 is 0 Å². The van der Waals surface area contributed by atoms with Gasteiger partial charge in [0.2, 0.25) is 15.0 Å². The number of hydrogen-bond donors (Lipinski definition) is 1. The van der Waals surface area contributed by atoms with E-state index in [0.717, 1.165) is 23.3 Å². The smallest absolute Gasteiger partial charge is 0.286 e. The summed E-state index contributed by atoms with van der Waals surface area (Å²) in [5, 5.41) is 11.3. The number of rotatable bonds is 7. The summed E-state index contributed by atoms with van der Waals surface area (Å²) in [5.74, 6) is -0.385. The highest BCUT2D eigenvalue weighted by Gasteiger charge is 2.38. The third-order valence-electron chi connectivity index (χ3n) is 5.40. The Bertz CT molecular complexity index is 1230. The first-order valence-electron chi connectivity index (χ1n) is 10.7. The summed E-state index contributed by atoms with van der Waals surface area (Å²) >= 11 is 1.07. The van der Waals surface area contributed by atoms with Gasteiger partial charge in [-0.15, -0.1) is 10.2 Å². The average molecular weight is 489 g/mol. The lowest BCUT2D eigenvalue weighted by molar-refractivity contribution is 0.102. The van der Waals surface area contributed by atoms with Gasteiger partial charge in [0, 0.05) is 12.2 Å². The van der Waals surface area contributed by atoms with Crippen LogP contribution in [0.15, 0.2) is 53.4 Å². The van der Waals surface area contributed by atoms with Crippen molar-refractivity contribution in [2.45, 2.75) is 44.0 Å². The first-order valence-corrected chi connectivity index (χ1v) is 13.0. The molecule has 2 heterocycles. The van der Waals surface area contributed by atoms with Crippen LogP contribution in [0.1, 0.15) is 53.1 Å². The summed E-state index contributed by atoms with van der Waals surface area (Å²) in [6.07, 6.45) is 2.20. The molecule has 174 valence electrons. The van der Waals surface area contributed by atoms with Crippen molar-refractivity contribution in [2.75, 3.05) is 11.9 Å². The Morgan fingerprint density at radius 3 is 2.52 bits per heavy atom. The maximum Gasteiger partial charge on any atom is 0.286 e. The normalized spacial score (nSPS) is 16.9. The van der Waals surface area contributed by atoms with Gasteiger partial charge in [0.15, 0.2) is 0 Å².